The third kappa shape index (κ3) is 15.5. The zero-order valence-corrected chi connectivity index (χ0v) is 45.5. The van der Waals surface area contributed by atoms with Gasteiger partial charge in [-0.3, -0.25) is 24.5 Å². The van der Waals surface area contributed by atoms with Gasteiger partial charge in [0.25, 0.3) is 5.69 Å². The highest BCUT2D eigenvalue weighted by Crippen LogP contribution is 2.40. The van der Waals surface area contributed by atoms with Crippen molar-refractivity contribution in [1.29, 1.82) is 0 Å². The lowest BCUT2D eigenvalue weighted by Crippen LogP contribution is -2.60. The van der Waals surface area contributed by atoms with Crippen LogP contribution in [-0.2, 0) is 46.2 Å². The summed E-state index contributed by atoms with van der Waals surface area (Å²) in [6.07, 6.45) is -1.73. The molecule has 20 heteroatoms. The van der Waals surface area contributed by atoms with Crippen molar-refractivity contribution in [3.05, 3.63) is 64.0 Å². The molecule has 0 saturated carbocycles. The van der Waals surface area contributed by atoms with E-state index in [4.69, 9.17) is 28.4 Å². The van der Waals surface area contributed by atoms with E-state index in [9.17, 15) is 40.4 Å². The number of likely N-dealkylation sites (N-methyl/N-ethyl adjacent to an activating group) is 2. The molecule has 0 radical (unpaired) electrons. The molecule has 410 valence electrons. The largest absolute Gasteiger partial charge is 0.459 e. The van der Waals surface area contributed by atoms with Crippen LogP contribution in [0.5, 0.6) is 0 Å². The Balaban J connectivity index is 0.000000552. The molecular formula is C52H88N6O14. The van der Waals surface area contributed by atoms with Crippen LogP contribution in [0.4, 0.5) is 5.69 Å². The van der Waals surface area contributed by atoms with E-state index in [1.54, 1.807) is 58.4 Å². The molecule has 3 saturated heterocycles. The number of hydrogen-bond acceptors (Lipinski definition) is 18. The number of aryl methyl sites for hydroxylation is 3. The minimum absolute atomic E-state index is 0.116. The molecule has 72 heavy (non-hydrogen) atoms. The van der Waals surface area contributed by atoms with Gasteiger partial charge in [-0.2, -0.15) is 0 Å². The zero-order valence-electron chi connectivity index (χ0n) is 45.5. The number of non-ortho nitro benzene ring substituents is 1. The quantitative estimate of drug-likeness (QED) is 0.0796. The third-order valence-electron chi connectivity index (χ3n) is 15.2. The van der Waals surface area contributed by atoms with Crippen LogP contribution >= 0.6 is 0 Å². The Labute approximate surface area is 427 Å². The number of aliphatic hydroxyl groups is 5. The standard InChI is InChI=1S/C41H76N2O12.C11H12N4O2/c1-15-17-18-42(12)29-19-24(4)51-38(32(29)44)55-36-25(5)33(54-31-21-40(10,50-14)35(46)28(8)52-31)26(6)37(47)53-30(16-2)41(11,49)34(45)27(7)43(13)22-23(3)20-39(36,9)48;1-9-8-14(13-12-9)7-6-10-2-4-11(5-3-10)15(16)17/h15,17,23-36,38,44-46,48-49H,16,18-22H2,1-14H3;2-5,8H,6-7H2,1H3/b17-15+;/t23-,24-,25+,26-,27-,28+,29+,30-,31+,32-,33+,34-,35+,36-,38+,39-,40-,41-;/m1./s1. The van der Waals surface area contributed by atoms with Crippen LogP contribution in [0.15, 0.2) is 42.6 Å². The number of hydrogen-bond donors (Lipinski definition) is 5. The number of benzene rings is 1. The van der Waals surface area contributed by atoms with Crippen LogP contribution in [-0.4, -0.2) is 186 Å². The second-order valence-electron chi connectivity index (χ2n) is 21.5. The van der Waals surface area contributed by atoms with Gasteiger partial charge in [0.2, 0.25) is 0 Å². The molecule has 1 aromatic carbocycles. The fourth-order valence-electron chi connectivity index (χ4n) is 10.6. The van der Waals surface area contributed by atoms with Gasteiger partial charge in [-0.15, -0.1) is 5.10 Å². The van der Waals surface area contributed by atoms with E-state index >= 15 is 0 Å². The normalized spacial score (nSPS) is 38.9. The van der Waals surface area contributed by atoms with Crippen LogP contribution in [0, 0.1) is 34.8 Å². The lowest BCUT2D eigenvalue weighted by atomic mass is 9.77. The van der Waals surface area contributed by atoms with Gasteiger partial charge in [0.1, 0.15) is 30.0 Å². The van der Waals surface area contributed by atoms with E-state index in [0.29, 0.717) is 19.5 Å². The molecule has 4 heterocycles. The molecule has 0 spiro atoms. The topological polar surface area (TPSA) is 254 Å². The molecule has 5 N–H and O–H groups in total. The van der Waals surface area contributed by atoms with Crippen molar-refractivity contribution in [3.8, 4) is 0 Å². The summed E-state index contributed by atoms with van der Waals surface area (Å²) in [6.45, 7) is 23.3. The number of rotatable bonds is 13. The number of cyclic esters (lactones) is 1. The highest BCUT2D eigenvalue weighted by atomic mass is 16.7. The monoisotopic (exact) mass is 1020 g/mol. The van der Waals surface area contributed by atoms with Crippen LogP contribution in [0.2, 0.25) is 0 Å². The number of methoxy groups -OCH3 is 1. The smallest absolute Gasteiger partial charge is 0.311 e. The van der Waals surface area contributed by atoms with Crippen LogP contribution in [0.1, 0.15) is 113 Å². The number of allylic oxidation sites excluding steroid dienone is 1. The summed E-state index contributed by atoms with van der Waals surface area (Å²) in [4.78, 5) is 28.3. The number of aromatic nitrogens is 3. The lowest BCUT2D eigenvalue weighted by molar-refractivity contribution is -0.384. The SMILES string of the molecule is C/C=C/CN(C)[C@H]1C[C@@H](C)O[C@@H](O[C@@H]2[C@@H](C)[C@H](O[C@H]3C[C@@](C)(OC)[C@@H](O)[C@H](C)O3)[C@@H](C)C(=O)O[C@H](CC)[C@@](C)(O)[C@H](O)[C@@H](C)N(C)C[C@H](C)C[C@@]2(C)O)[C@@H]1O.Cc1cn(CCc2ccc([N+](=O)[O-])cc2)nn1. The summed E-state index contributed by atoms with van der Waals surface area (Å²) >= 11 is 0. The number of ether oxygens (including phenoxy) is 6. The van der Waals surface area contributed by atoms with Gasteiger partial charge in [-0.05, 0) is 114 Å². The van der Waals surface area contributed by atoms with E-state index in [2.05, 4.69) is 15.2 Å². The molecule has 1 aromatic heterocycles. The van der Waals surface area contributed by atoms with Gasteiger partial charge in [0, 0.05) is 69.5 Å². The maximum absolute atomic E-state index is 14.3. The van der Waals surface area contributed by atoms with Gasteiger partial charge in [0.15, 0.2) is 12.6 Å². The summed E-state index contributed by atoms with van der Waals surface area (Å²) < 4.78 is 39.6. The fourth-order valence-corrected chi connectivity index (χ4v) is 10.6. The third-order valence-corrected chi connectivity index (χ3v) is 15.2. The average Bonchev–Trinajstić information content (AvgIpc) is 3.75. The number of nitrogens with zero attached hydrogens (tertiary/aromatic N) is 6. The molecular weight excluding hydrogens is 933 g/mol. The van der Waals surface area contributed by atoms with Crippen molar-refractivity contribution < 1.29 is 63.7 Å². The molecule has 3 aliphatic heterocycles. The predicted octanol–water partition coefficient (Wildman–Crippen LogP) is 4.58. The molecule has 20 nitrogen and oxygen atoms in total. The Kier molecular flexibility index (Phi) is 22.3. The molecule has 3 fully saturated rings. The number of aliphatic hydroxyl groups excluding tert-OH is 3. The molecule has 3 aliphatic rings. The summed E-state index contributed by atoms with van der Waals surface area (Å²) in [7, 11) is 5.29. The summed E-state index contributed by atoms with van der Waals surface area (Å²) in [5.41, 5.74) is -2.36. The van der Waals surface area contributed by atoms with Crippen molar-refractivity contribution in [2.24, 2.45) is 17.8 Å². The summed E-state index contributed by atoms with van der Waals surface area (Å²) in [5, 5.41) is 77.0. The number of esters is 1. The van der Waals surface area contributed by atoms with E-state index in [-0.39, 0.29) is 43.0 Å². The maximum Gasteiger partial charge on any atom is 0.311 e. The minimum atomic E-state index is -1.81. The first-order chi connectivity index (χ1) is 33.6. The van der Waals surface area contributed by atoms with E-state index in [1.165, 1.54) is 26.2 Å². The Hall–Kier alpha value is -3.51. The molecule has 0 unspecified atom stereocenters. The van der Waals surface area contributed by atoms with Gasteiger partial charge >= 0.3 is 5.97 Å². The number of nitro benzene ring substituents is 1. The molecule has 0 bridgehead atoms. The zero-order chi connectivity index (χ0) is 54.0. The Morgan fingerprint density at radius 3 is 2.22 bits per heavy atom. The van der Waals surface area contributed by atoms with Crippen molar-refractivity contribution in [2.75, 3.05) is 34.3 Å². The Morgan fingerprint density at radius 2 is 1.65 bits per heavy atom. The highest BCUT2D eigenvalue weighted by molar-refractivity contribution is 5.73. The van der Waals surface area contributed by atoms with Crippen LogP contribution in [0.25, 0.3) is 0 Å². The second-order valence-corrected chi connectivity index (χ2v) is 21.5. The van der Waals surface area contributed by atoms with Gasteiger partial charge < -0.3 is 58.9 Å². The van der Waals surface area contributed by atoms with Crippen molar-refractivity contribution >= 4 is 11.7 Å². The van der Waals surface area contributed by atoms with Crippen LogP contribution < -0.4 is 0 Å². The summed E-state index contributed by atoms with van der Waals surface area (Å²) in [6, 6.07) is 5.72. The Bertz CT molecular complexity index is 2020. The summed E-state index contributed by atoms with van der Waals surface area (Å²) in [5.74, 6) is -2.62. The first kappa shape index (κ1) is 61.0. The molecule has 5 rings (SSSR count). The maximum atomic E-state index is 14.3. The minimum Gasteiger partial charge on any atom is -0.459 e. The van der Waals surface area contributed by atoms with E-state index in [1.807, 2.05) is 72.0 Å². The number of carbonyl (C=O) groups excluding carboxylic acids is 1. The van der Waals surface area contributed by atoms with Crippen molar-refractivity contribution in [3.63, 3.8) is 0 Å². The average molecular weight is 1020 g/mol. The lowest BCUT2D eigenvalue weighted by Gasteiger charge is -2.49. The molecule has 18 atom stereocenters. The second kappa shape index (κ2) is 26.3. The van der Waals surface area contributed by atoms with E-state index < -0.39 is 101 Å². The molecule has 0 aliphatic carbocycles. The number of carbonyl (C=O) groups is 1. The number of nitro groups is 1. The van der Waals surface area contributed by atoms with Gasteiger partial charge in [0.05, 0.1) is 52.2 Å². The molecule has 0 amide bonds. The predicted molar refractivity (Wildman–Crippen MR) is 269 cm³/mol. The molecule has 2 aromatic rings. The van der Waals surface area contributed by atoms with Crippen molar-refractivity contribution in [1.82, 2.24) is 24.8 Å². The van der Waals surface area contributed by atoms with E-state index in [0.717, 1.165) is 24.2 Å². The Morgan fingerprint density at radius 1 is 1.00 bits per heavy atom. The van der Waals surface area contributed by atoms with Crippen molar-refractivity contribution in [2.45, 2.75) is 212 Å². The highest BCUT2D eigenvalue weighted by Gasteiger charge is 2.53. The van der Waals surface area contributed by atoms with Gasteiger partial charge in [-0.25, -0.2) is 0 Å². The van der Waals surface area contributed by atoms with Gasteiger partial charge in [-0.1, -0.05) is 50.3 Å². The first-order valence-corrected chi connectivity index (χ1v) is 25.6. The van der Waals surface area contributed by atoms with Crippen LogP contribution in [0.3, 0.4) is 0 Å². The fraction of sp³-hybridized carbons (Fsp3) is 0.788. The first-order valence-electron chi connectivity index (χ1n) is 25.6.